The first-order chi connectivity index (χ1) is 8.35. The maximum Gasteiger partial charge on any atom is 0.0403 e. The van der Waals surface area contributed by atoms with Gasteiger partial charge in [0.05, 0.1) is 0 Å². The quantitative estimate of drug-likeness (QED) is 0.799. The van der Waals surface area contributed by atoms with E-state index in [-0.39, 0.29) is 0 Å². The Hall–Kier alpha value is -1.76. The summed E-state index contributed by atoms with van der Waals surface area (Å²) >= 11 is 0. The third kappa shape index (κ3) is 2.68. The van der Waals surface area contributed by atoms with Gasteiger partial charge in [-0.3, -0.25) is 0 Å². The molecule has 17 heavy (non-hydrogen) atoms. The highest BCUT2D eigenvalue weighted by Gasteiger charge is 2.09. The molecule has 0 amide bonds. The van der Waals surface area contributed by atoms with E-state index in [0.29, 0.717) is 0 Å². The molecule has 0 bridgehead atoms. The molecule has 0 unspecified atom stereocenters. The van der Waals surface area contributed by atoms with Crippen LogP contribution in [0.4, 0.5) is 5.69 Å². The van der Waals surface area contributed by atoms with Crippen LogP contribution in [0.2, 0.25) is 0 Å². The molecule has 1 nitrogen and oxygen atoms in total. The molecule has 1 N–H and O–H groups in total. The van der Waals surface area contributed by atoms with Gasteiger partial charge < -0.3 is 5.32 Å². The third-order valence-corrected chi connectivity index (χ3v) is 3.18. The Morgan fingerprint density at radius 3 is 2.76 bits per heavy atom. The fourth-order valence-electron chi connectivity index (χ4n) is 2.24. The molecule has 1 aliphatic rings. The molecule has 1 heterocycles. The molecule has 0 saturated heterocycles. The number of allylic oxidation sites excluding steroid dienone is 3. The van der Waals surface area contributed by atoms with Crippen molar-refractivity contribution >= 4 is 5.69 Å². The number of aryl methyl sites for hydroxylation is 1. The minimum absolute atomic E-state index is 0.861. The van der Waals surface area contributed by atoms with Crippen LogP contribution in [-0.4, -0.2) is 6.54 Å². The summed E-state index contributed by atoms with van der Waals surface area (Å²) in [5.41, 5.74) is 5.35. The molecule has 0 spiro atoms. The van der Waals surface area contributed by atoms with Crippen LogP contribution in [0.25, 0.3) is 0 Å². The van der Waals surface area contributed by atoms with Crippen LogP contribution in [0.5, 0.6) is 0 Å². The number of hydrogen-bond donors (Lipinski definition) is 1. The molecule has 1 heteroatoms. The van der Waals surface area contributed by atoms with Crippen molar-refractivity contribution in [2.75, 3.05) is 11.9 Å². The summed E-state index contributed by atoms with van der Waals surface area (Å²) < 4.78 is 0. The molecule has 0 aromatic heterocycles. The smallest absolute Gasteiger partial charge is 0.0403 e. The lowest BCUT2D eigenvalue weighted by molar-refractivity contribution is 0.934. The molecule has 1 aromatic rings. The van der Waals surface area contributed by atoms with Gasteiger partial charge in [-0.2, -0.15) is 0 Å². The van der Waals surface area contributed by atoms with Crippen LogP contribution in [0, 0.1) is 0 Å². The molecular formula is C16H19N. The van der Waals surface area contributed by atoms with Crippen LogP contribution in [-0.2, 0) is 6.42 Å². The lowest BCUT2D eigenvalue weighted by Crippen LogP contribution is -2.10. The summed E-state index contributed by atoms with van der Waals surface area (Å²) in [6.07, 6.45) is 8.44. The first kappa shape index (κ1) is 11.7. The van der Waals surface area contributed by atoms with Crippen molar-refractivity contribution in [3.8, 4) is 0 Å². The second-order valence-corrected chi connectivity index (χ2v) is 4.27. The van der Waals surface area contributed by atoms with E-state index >= 15 is 0 Å². The van der Waals surface area contributed by atoms with Gasteiger partial charge in [0.15, 0.2) is 0 Å². The normalized spacial score (nSPS) is 20.3. The maximum atomic E-state index is 3.91. The summed E-state index contributed by atoms with van der Waals surface area (Å²) in [5, 5.41) is 3.49. The molecule has 1 aromatic carbocycles. The van der Waals surface area contributed by atoms with Gasteiger partial charge in [0, 0.05) is 12.2 Å². The van der Waals surface area contributed by atoms with E-state index in [0.717, 1.165) is 19.4 Å². The van der Waals surface area contributed by atoms with Crippen molar-refractivity contribution in [2.45, 2.75) is 19.8 Å². The highest BCUT2D eigenvalue weighted by molar-refractivity contribution is 5.54. The predicted molar refractivity (Wildman–Crippen MR) is 75.3 cm³/mol. The van der Waals surface area contributed by atoms with E-state index < -0.39 is 0 Å². The molecule has 0 atom stereocenters. The lowest BCUT2D eigenvalue weighted by Gasteiger charge is -2.18. The van der Waals surface area contributed by atoms with Crippen molar-refractivity contribution in [3.63, 3.8) is 0 Å². The maximum absolute atomic E-state index is 3.91. The lowest BCUT2D eigenvalue weighted by atomic mass is 9.96. The van der Waals surface area contributed by atoms with E-state index in [4.69, 9.17) is 0 Å². The van der Waals surface area contributed by atoms with Gasteiger partial charge in [-0.1, -0.05) is 43.0 Å². The minimum Gasteiger partial charge on any atom is -0.381 e. The summed E-state index contributed by atoms with van der Waals surface area (Å²) in [5.74, 6) is 0. The van der Waals surface area contributed by atoms with Gasteiger partial charge in [0.2, 0.25) is 0 Å². The van der Waals surface area contributed by atoms with Crippen LogP contribution >= 0.6 is 0 Å². The van der Waals surface area contributed by atoms with Crippen LogP contribution in [0.1, 0.15) is 18.9 Å². The summed E-state index contributed by atoms with van der Waals surface area (Å²) in [6.45, 7) is 6.84. The second-order valence-electron chi connectivity index (χ2n) is 4.27. The van der Waals surface area contributed by atoms with Crippen molar-refractivity contribution in [2.24, 2.45) is 0 Å². The molecule has 2 rings (SSSR count). The Bertz CT molecular complexity index is 466. The van der Waals surface area contributed by atoms with Gasteiger partial charge in [-0.25, -0.2) is 0 Å². The van der Waals surface area contributed by atoms with E-state index in [2.05, 4.69) is 55.2 Å². The Kier molecular flexibility index (Phi) is 3.81. The average molecular weight is 225 g/mol. The van der Waals surface area contributed by atoms with E-state index in [1.54, 1.807) is 0 Å². The van der Waals surface area contributed by atoms with Gasteiger partial charge >= 0.3 is 0 Å². The highest BCUT2D eigenvalue weighted by atomic mass is 14.9. The topological polar surface area (TPSA) is 12.0 Å². The van der Waals surface area contributed by atoms with E-state index in [1.165, 1.54) is 22.4 Å². The number of para-hydroxylation sites is 1. The zero-order chi connectivity index (χ0) is 12.1. The zero-order valence-corrected chi connectivity index (χ0v) is 10.4. The van der Waals surface area contributed by atoms with Crippen molar-refractivity contribution in [3.05, 3.63) is 65.8 Å². The molecule has 88 valence electrons. The number of rotatable bonds is 2. The van der Waals surface area contributed by atoms with Crippen LogP contribution < -0.4 is 5.32 Å². The van der Waals surface area contributed by atoms with Gasteiger partial charge in [0.1, 0.15) is 0 Å². The van der Waals surface area contributed by atoms with Gasteiger partial charge in [0.25, 0.3) is 0 Å². The number of anilines is 1. The number of hydrogen-bond acceptors (Lipinski definition) is 1. The largest absolute Gasteiger partial charge is 0.381 e. The average Bonchev–Trinajstić information content (AvgIpc) is 2.34. The minimum atomic E-state index is 0.861. The predicted octanol–water partition coefficient (Wildman–Crippen LogP) is 4.10. The molecule has 0 aliphatic carbocycles. The van der Waals surface area contributed by atoms with Crippen LogP contribution in [0.3, 0.4) is 0 Å². The molecule has 0 saturated carbocycles. The van der Waals surface area contributed by atoms with Crippen molar-refractivity contribution in [1.82, 2.24) is 0 Å². The van der Waals surface area contributed by atoms with Gasteiger partial charge in [-0.05, 0) is 42.5 Å². The van der Waals surface area contributed by atoms with Gasteiger partial charge in [-0.15, -0.1) is 0 Å². The Balaban J connectivity index is 2.31. The second kappa shape index (κ2) is 5.53. The fourth-order valence-corrected chi connectivity index (χ4v) is 2.24. The highest BCUT2D eigenvalue weighted by Crippen LogP contribution is 2.24. The van der Waals surface area contributed by atoms with E-state index in [1.807, 2.05) is 6.08 Å². The Labute approximate surface area is 104 Å². The standard InChI is InChI=1S/C16H19N/c1-3-7-14-10-11-15-8-5-6-9-16(15)17-12-13(14)4-2/h3-9,17H,2,10-12H2,1H3/b7-3-,14-13-. The van der Waals surface area contributed by atoms with Crippen molar-refractivity contribution < 1.29 is 0 Å². The molecule has 1 aliphatic heterocycles. The summed E-state index contributed by atoms with van der Waals surface area (Å²) in [4.78, 5) is 0. The monoisotopic (exact) mass is 225 g/mol. The number of nitrogens with one attached hydrogen (secondary N) is 1. The number of fused-ring (bicyclic) bond motifs is 1. The molecule has 0 fully saturated rings. The summed E-state index contributed by atoms with van der Waals surface area (Å²) in [7, 11) is 0. The summed E-state index contributed by atoms with van der Waals surface area (Å²) in [6, 6.07) is 8.54. The fraction of sp³-hybridized carbons (Fsp3) is 0.250. The molecular weight excluding hydrogens is 206 g/mol. The first-order valence-electron chi connectivity index (χ1n) is 6.14. The SMILES string of the molecule is C=C/C1=C(\C=C/C)CCc2ccccc2NC1. The Morgan fingerprint density at radius 1 is 1.18 bits per heavy atom. The molecule has 0 radical (unpaired) electrons. The Morgan fingerprint density at radius 2 is 2.00 bits per heavy atom. The number of benzene rings is 1. The van der Waals surface area contributed by atoms with E-state index in [9.17, 15) is 0 Å². The van der Waals surface area contributed by atoms with Crippen molar-refractivity contribution in [1.29, 1.82) is 0 Å². The van der Waals surface area contributed by atoms with Crippen LogP contribution in [0.15, 0.2) is 60.2 Å². The third-order valence-electron chi connectivity index (χ3n) is 3.18. The zero-order valence-electron chi connectivity index (χ0n) is 10.4. The first-order valence-corrected chi connectivity index (χ1v) is 6.14.